The fourth-order valence-electron chi connectivity index (χ4n) is 2.87. The van der Waals surface area contributed by atoms with E-state index in [0.717, 1.165) is 9.80 Å². The molecule has 2 saturated heterocycles. The molecule has 25 heavy (non-hydrogen) atoms. The molecule has 0 saturated carbocycles. The molecule has 2 aliphatic heterocycles. The van der Waals surface area contributed by atoms with Gasteiger partial charge in [0.2, 0.25) is 0 Å². The number of hydrogen-bond donors (Lipinski definition) is 2. The Hall–Kier alpha value is -3.41. The zero-order chi connectivity index (χ0) is 18.2. The molecule has 2 N–H and O–H groups in total. The van der Waals surface area contributed by atoms with E-state index in [1.54, 1.807) is 18.2 Å². The number of nitrogens with one attached hydrogen (secondary N) is 2. The Morgan fingerprint density at radius 3 is 2.72 bits per heavy atom. The minimum absolute atomic E-state index is 0.197. The normalized spacial score (nSPS) is 22.6. The van der Waals surface area contributed by atoms with Crippen LogP contribution >= 0.6 is 0 Å². The van der Waals surface area contributed by atoms with E-state index in [9.17, 15) is 19.2 Å². The highest BCUT2D eigenvalue weighted by Crippen LogP contribution is 2.29. The third-order valence-corrected chi connectivity index (χ3v) is 4.30. The molecule has 2 aliphatic rings. The van der Waals surface area contributed by atoms with E-state index in [1.165, 1.54) is 13.0 Å². The van der Waals surface area contributed by atoms with Gasteiger partial charge in [-0.25, -0.2) is 9.59 Å². The molecule has 1 aromatic carbocycles. The first-order chi connectivity index (χ1) is 11.9. The number of nitriles is 1. The third-order valence-electron chi connectivity index (χ3n) is 4.30. The Labute approximate surface area is 143 Å². The standard InChI is InChI=1S/C16H15N5O4/c1-16(11-4-2-3-10(7-11)8-17)13(23)21(15(25)19-16)9-12(22)20-6-5-18-14(20)24/h2-4,7H,5-6,9H2,1H3,(H,18,24)(H,19,25)/t16-/m0/s1. The average Bonchev–Trinajstić information content (AvgIpc) is 3.12. The highest BCUT2D eigenvalue weighted by atomic mass is 16.2. The van der Waals surface area contributed by atoms with Crippen LogP contribution in [0.4, 0.5) is 9.59 Å². The molecule has 3 rings (SSSR count). The molecule has 1 aromatic rings. The van der Waals surface area contributed by atoms with Crippen molar-refractivity contribution >= 4 is 23.9 Å². The maximum Gasteiger partial charge on any atom is 0.325 e. The molecule has 6 amide bonds. The number of carbonyl (C=O) groups is 4. The third kappa shape index (κ3) is 2.67. The van der Waals surface area contributed by atoms with E-state index < -0.39 is 36.0 Å². The molecule has 9 nitrogen and oxygen atoms in total. The highest BCUT2D eigenvalue weighted by molar-refractivity contribution is 6.10. The Morgan fingerprint density at radius 2 is 2.08 bits per heavy atom. The van der Waals surface area contributed by atoms with Gasteiger partial charge in [0.05, 0.1) is 11.6 Å². The summed E-state index contributed by atoms with van der Waals surface area (Å²) in [7, 11) is 0. The molecule has 9 heteroatoms. The SMILES string of the molecule is C[C@@]1(c2cccc(C#N)c2)NC(=O)N(CC(=O)N2CCNC2=O)C1=O. The molecular formula is C16H15N5O4. The lowest BCUT2D eigenvalue weighted by molar-refractivity contribution is -0.137. The number of imide groups is 2. The van der Waals surface area contributed by atoms with Gasteiger partial charge in [-0.15, -0.1) is 0 Å². The van der Waals surface area contributed by atoms with E-state index in [1.807, 2.05) is 6.07 Å². The monoisotopic (exact) mass is 341 g/mol. The van der Waals surface area contributed by atoms with E-state index >= 15 is 0 Å². The second-order valence-corrected chi connectivity index (χ2v) is 5.92. The topological polar surface area (TPSA) is 123 Å². The van der Waals surface area contributed by atoms with Gasteiger partial charge in [0.1, 0.15) is 12.1 Å². The lowest BCUT2D eigenvalue weighted by atomic mass is 9.91. The highest BCUT2D eigenvalue weighted by Gasteiger charge is 2.50. The van der Waals surface area contributed by atoms with Gasteiger partial charge in [0, 0.05) is 13.1 Å². The van der Waals surface area contributed by atoms with Crippen LogP contribution in [0.5, 0.6) is 0 Å². The summed E-state index contributed by atoms with van der Waals surface area (Å²) in [6.45, 7) is 1.52. The van der Waals surface area contributed by atoms with Crippen LogP contribution in [0.2, 0.25) is 0 Å². The van der Waals surface area contributed by atoms with Crippen LogP contribution in [0.25, 0.3) is 0 Å². The Kier molecular flexibility index (Phi) is 3.88. The number of hydrogen-bond acceptors (Lipinski definition) is 5. The Morgan fingerprint density at radius 1 is 1.32 bits per heavy atom. The number of rotatable bonds is 3. The fraction of sp³-hybridized carbons (Fsp3) is 0.312. The second-order valence-electron chi connectivity index (χ2n) is 5.92. The van der Waals surface area contributed by atoms with Gasteiger partial charge < -0.3 is 10.6 Å². The van der Waals surface area contributed by atoms with Crippen molar-refractivity contribution < 1.29 is 19.2 Å². The molecule has 0 radical (unpaired) electrons. The van der Waals surface area contributed by atoms with Crippen molar-refractivity contribution in [1.82, 2.24) is 20.4 Å². The van der Waals surface area contributed by atoms with Gasteiger partial charge in [-0.3, -0.25) is 19.4 Å². The summed E-state index contributed by atoms with van der Waals surface area (Å²) >= 11 is 0. The largest absolute Gasteiger partial charge is 0.336 e. The molecule has 2 heterocycles. The predicted molar refractivity (Wildman–Crippen MR) is 83.9 cm³/mol. The molecule has 1 atom stereocenters. The van der Waals surface area contributed by atoms with Crippen molar-refractivity contribution in [2.45, 2.75) is 12.5 Å². The summed E-state index contributed by atoms with van der Waals surface area (Å²) < 4.78 is 0. The van der Waals surface area contributed by atoms with Gasteiger partial charge in [0.15, 0.2) is 0 Å². The van der Waals surface area contributed by atoms with Crippen LogP contribution in [0.1, 0.15) is 18.1 Å². The van der Waals surface area contributed by atoms with E-state index in [4.69, 9.17) is 5.26 Å². The molecule has 0 unspecified atom stereocenters. The van der Waals surface area contributed by atoms with Crippen molar-refractivity contribution in [2.24, 2.45) is 0 Å². The average molecular weight is 341 g/mol. The Bertz CT molecular complexity index is 830. The van der Waals surface area contributed by atoms with Crippen LogP contribution in [-0.4, -0.2) is 53.3 Å². The van der Waals surface area contributed by atoms with Crippen molar-refractivity contribution in [1.29, 1.82) is 5.26 Å². The van der Waals surface area contributed by atoms with Crippen molar-refractivity contribution in [3.05, 3.63) is 35.4 Å². The first-order valence-corrected chi connectivity index (χ1v) is 7.60. The second kappa shape index (κ2) is 5.90. The van der Waals surface area contributed by atoms with Gasteiger partial charge in [-0.05, 0) is 24.6 Å². The predicted octanol–water partition coefficient (Wildman–Crippen LogP) is -0.123. The van der Waals surface area contributed by atoms with Crippen molar-refractivity contribution in [3.63, 3.8) is 0 Å². The van der Waals surface area contributed by atoms with Crippen molar-refractivity contribution in [3.8, 4) is 6.07 Å². The van der Waals surface area contributed by atoms with Gasteiger partial charge >= 0.3 is 12.1 Å². The van der Waals surface area contributed by atoms with Crippen LogP contribution in [0, 0.1) is 11.3 Å². The lowest BCUT2D eigenvalue weighted by Gasteiger charge is -2.22. The zero-order valence-corrected chi connectivity index (χ0v) is 13.4. The van der Waals surface area contributed by atoms with Crippen LogP contribution in [0.3, 0.4) is 0 Å². The summed E-state index contributed by atoms with van der Waals surface area (Å²) in [6.07, 6.45) is 0. The van der Waals surface area contributed by atoms with Crippen LogP contribution in [-0.2, 0) is 15.1 Å². The smallest absolute Gasteiger partial charge is 0.325 e. The van der Waals surface area contributed by atoms with E-state index in [2.05, 4.69) is 10.6 Å². The number of urea groups is 2. The Balaban J connectivity index is 1.83. The molecule has 0 aliphatic carbocycles. The van der Waals surface area contributed by atoms with E-state index in [-0.39, 0.29) is 6.54 Å². The molecular weight excluding hydrogens is 326 g/mol. The van der Waals surface area contributed by atoms with Crippen molar-refractivity contribution in [2.75, 3.05) is 19.6 Å². The first kappa shape index (κ1) is 16.4. The summed E-state index contributed by atoms with van der Waals surface area (Å²) in [4.78, 5) is 50.5. The number of amides is 6. The van der Waals surface area contributed by atoms with Crippen LogP contribution < -0.4 is 10.6 Å². The minimum atomic E-state index is -1.38. The molecule has 0 spiro atoms. The maximum atomic E-state index is 12.8. The number of benzene rings is 1. The summed E-state index contributed by atoms with van der Waals surface area (Å²) in [5.74, 6) is -1.24. The molecule has 2 fully saturated rings. The van der Waals surface area contributed by atoms with Crippen LogP contribution in [0.15, 0.2) is 24.3 Å². The first-order valence-electron chi connectivity index (χ1n) is 7.60. The quantitative estimate of drug-likeness (QED) is 0.742. The molecule has 128 valence electrons. The van der Waals surface area contributed by atoms with Gasteiger partial charge in [-0.2, -0.15) is 5.26 Å². The number of nitrogens with zero attached hydrogens (tertiary/aromatic N) is 3. The zero-order valence-electron chi connectivity index (χ0n) is 13.4. The van der Waals surface area contributed by atoms with Gasteiger partial charge in [-0.1, -0.05) is 12.1 Å². The summed E-state index contributed by atoms with van der Waals surface area (Å²) in [5.41, 5.74) is -0.583. The van der Waals surface area contributed by atoms with Gasteiger partial charge in [0.25, 0.3) is 11.8 Å². The summed E-state index contributed by atoms with van der Waals surface area (Å²) in [6, 6.07) is 7.05. The number of carbonyl (C=O) groups excluding carboxylic acids is 4. The van der Waals surface area contributed by atoms with E-state index in [0.29, 0.717) is 17.7 Å². The minimum Gasteiger partial charge on any atom is -0.336 e. The maximum absolute atomic E-state index is 12.8. The fourth-order valence-corrected chi connectivity index (χ4v) is 2.87. The molecule has 0 bridgehead atoms. The lowest BCUT2D eigenvalue weighted by Crippen LogP contribution is -2.45. The molecule has 0 aromatic heterocycles. The summed E-state index contributed by atoms with van der Waals surface area (Å²) in [5, 5.41) is 14.0.